The van der Waals surface area contributed by atoms with E-state index in [1.807, 2.05) is 236 Å². The molecule has 4 amide bonds. The van der Waals surface area contributed by atoms with Gasteiger partial charge >= 0.3 is 24.4 Å². The molecule has 4 aliphatic rings. The lowest BCUT2D eigenvalue weighted by Crippen LogP contribution is -2.31. The molecule has 1 unspecified atom stereocenters. The van der Waals surface area contributed by atoms with E-state index in [0.29, 0.717) is 58.9 Å². The molecule has 4 aliphatic heterocycles. The number of rotatable bonds is 22. The largest absolute Gasteiger partial charge is 0.439 e. The zero-order valence-corrected chi connectivity index (χ0v) is 83.7. The first-order valence-electron chi connectivity index (χ1n) is 45.9. The number of pyridine rings is 1. The zero-order valence-electron chi connectivity index (χ0n) is 81.2. The third kappa shape index (κ3) is 22.5. The average Bonchev–Trinajstić information content (AvgIpc) is 1.61. The van der Waals surface area contributed by atoms with E-state index in [2.05, 4.69) is 58.5 Å². The molecular weight excluding hydrogens is 1770 g/mol. The van der Waals surface area contributed by atoms with Gasteiger partial charge in [-0.15, -0.1) is 11.3 Å². The van der Waals surface area contributed by atoms with Crippen molar-refractivity contribution in [3.8, 4) is 44.5 Å². The molecular formula is C111H122F4N6O11S3. The van der Waals surface area contributed by atoms with Gasteiger partial charge in [0.05, 0.1) is 55.2 Å². The van der Waals surface area contributed by atoms with Crippen LogP contribution in [-0.2, 0) is 65.8 Å². The van der Waals surface area contributed by atoms with E-state index in [1.54, 1.807) is 80.7 Å². The fourth-order valence-electron chi connectivity index (χ4n) is 18.3. The maximum Gasteiger partial charge on any atom is 0.411 e. The number of amides is 4. The van der Waals surface area contributed by atoms with E-state index in [4.69, 9.17) is 18.9 Å². The standard InChI is InChI=1S/C29H32FNO4S.C29H32FNO3S.C27H29FN2O2.C26H29FN2O2S/c1-17(2)25-15-26(19(4)13-27(25)30)24-11-10-18(3)12-22(24)16-31-20(5)28(35-29(31)32)21-8-7-9-23(14-21)36(6,33)34;1-17(2)25-15-26(19(4)13-27(25)30)24-11-10-18(3)12-22(24)16-31-20(5)28(34-29(31)32)21-8-7-9-23(14-21)35(6)33;1-16(2)23-14-24(18(4)13-25(23)28)22-7-6-17(3)12-21(22)15-30-19(5)26(32-27(30)31)20-8-10-29-11-9-20;1-14(2)21-11-22(16(4)10-23(21)27)20-8-7-15(3)9-19(20)12-29-18(6)24(31-26(29)30)25-28-17(5)13-32-25/h7-15,17,20,28H,16H2,1-6H3;7-15,17,20,28H,16H2,1-6H3;6-14,16,19,26H,15H2,1-5H3;7-11,13-14,18,24H,12H2,1-6H3/t20-,28-;20-,28-,35?;19-,26-;18-,24-/m0000/s1. The van der Waals surface area contributed by atoms with Gasteiger partial charge in [-0.1, -0.05) is 175 Å². The van der Waals surface area contributed by atoms with Crippen LogP contribution in [0.1, 0.15) is 248 Å². The van der Waals surface area contributed by atoms with Gasteiger partial charge in [-0.05, 0) is 327 Å². The van der Waals surface area contributed by atoms with Crippen LogP contribution in [0.2, 0.25) is 0 Å². The van der Waals surface area contributed by atoms with Crippen LogP contribution >= 0.6 is 11.3 Å². The number of benzene rings is 10. The minimum atomic E-state index is -3.39. The Morgan fingerprint density at radius 2 is 0.674 bits per heavy atom. The molecule has 0 bridgehead atoms. The number of sulfone groups is 1. The summed E-state index contributed by atoms with van der Waals surface area (Å²) in [4.78, 5) is 68.0. The van der Waals surface area contributed by atoms with Gasteiger partial charge < -0.3 is 18.9 Å². The summed E-state index contributed by atoms with van der Waals surface area (Å²) in [6.07, 6.45) is 2.98. The van der Waals surface area contributed by atoms with Crippen LogP contribution in [0.3, 0.4) is 0 Å². The van der Waals surface area contributed by atoms with Crippen molar-refractivity contribution in [2.75, 3.05) is 12.5 Å². The van der Waals surface area contributed by atoms with E-state index in [-0.39, 0.29) is 106 Å². The number of ether oxygens (including phenoxy) is 4. The number of cyclic esters (lactones) is 4. The summed E-state index contributed by atoms with van der Waals surface area (Å²) >= 11 is 1.52. The first-order chi connectivity index (χ1) is 63.8. The van der Waals surface area contributed by atoms with E-state index >= 15 is 0 Å². The minimum absolute atomic E-state index is 0.0373. The number of hydrogen-bond acceptors (Lipinski definition) is 14. The van der Waals surface area contributed by atoms with Crippen LogP contribution in [0, 0.1) is 85.6 Å². The summed E-state index contributed by atoms with van der Waals surface area (Å²) in [5.41, 5.74) is 25.7. The summed E-state index contributed by atoms with van der Waals surface area (Å²) in [7, 11) is -4.50. The van der Waals surface area contributed by atoms with E-state index in [0.717, 1.165) is 139 Å². The smallest absolute Gasteiger partial charge is 0.411 e. The van der Waals surface area contributed by atoms with E-state index in [9.17, 15) is 49.4 Å². The Balaban J connectivity index is 0.000000153. The molecule has 17 nitrogen and oxygen atoms in total. The fraction of sp³-hybridized carbons (Fsp3) is 0.351. The van der Waals surface area contributed by atoms with Gasteiger partial charge in [0.2, 0.25) is 0 Å². The van der Waals surface area contributed by atoms with Crippen LogP contribution in [0.25, 0.3) is 44.5 Å². The number of nitrogens with zero attached hydrogens (tertiary/aromatic N) is 6. The fourth-order valence-corrected chi connectivity index (χ4v) is 20.5. The van der Waals surface area contributed by atoms with Crippen LogP contribution in [0.5, 0.6) is 0 Å². The maximum atomic E-state index is 14.6. The van der Waals surface area contributed by atoms with E-state index < -0.39 is 38.9 Å². The van der Waals surface area contributed by atoms with Crippen molar-refractivity contribution in [3.05, 3.63) is 339 Å². The Morgan fingerprint density at radius 3 is 0.970 bits per heavy atom. The monoisotopic (exact) mass is 1890 g/mol. The summed E-state index contributed by atoms with van der Waals surface area (Å²) < 4.78 is 117. The second-order valence-electron chi connectivity index (χ2n) is 37.7. The topological polar surface area (TPSA) is 195 Å². The number of halogens is 4. The van der Waals surface area contributed by atoms with Gasteiger partial charge in [-0.25, -0.2) is 50.1 Å². The second kappa shape index (κ2) is 42.0. The van der Waals surface area contributed by atoms with Crippen LogP contribution in [0.4, 0.5) is 36.7 Å². The lowest BCUT2D eigenvalue weighted by molar-refractivity contribution is 0.129. The van der Waals surface area contributed by atoms with Crippen LogP contribution in [-0.4, -0.2) is 103 Å². The minimum Gasteiger partial charge on any atom is -0.439 e. The number of hydrogen-bond donors (Lipinski definition) is 0. The number of carbonyl (C=O) groups is 4. The molecule has 2 aromatic heterocycles. The van der Waals surface area contributed by atoms with Crippen molar-refractivity contribution in [3.63, 3.8) is 0 Å². The summed E-state index contributed by atoms with van der Waals surface area (Å²) in [6.45, 7) is 43.0. The molecule has 10 aromatic carbocycles. The highest BCUT2D eigenvalue weighted by Gasteiger charge is 2.45. The van der Waals surface area contributed by atoms with Crippen molar-refractivity contribution in [1.29, 1.82) is 0 Å². The summed E-state index contributed by atoms with van der Waals surface area (Å²) in [6, 6.07) is 55.8. The lowest BCUT2D eigenvalue weighted by atomic mass is 9.90. The molecule has 12 aromatic rings. The van der Waals surface area contributed by atoms with Crippen LogP contribution in [0.15, 0.2) is 210 Å². The molecule has 6 heterocycles. The molecule has 135 heavy (non-hydrogen) atoms. The molecule has 9 atom stereocenters. The SMILES string of the molecule is Cc1ccc(-c2cc(C(C)C)c(F)cc2C)c(CN2C(=O)O[C@H](c3cccc(S(C)(=O)=O)c3)[C@@H]2C)c1.Cc1ccc(-c2cc(C(C)C)c(F)cc2C)c(CN2C(=O)O[C@H](c3cccc(S(C)=O)c3)[C@@H]2C)c1.Cc1ccc(-c2cc(C(C)C)c(F)cc2C)c(CN2C(=O)O[C@H](c3ccncc3)[C@@H]2C)c1.Cc1ccc(-c2cc(C(C)C)c(F)cc2C)c(CN2C(=O)O[C@H](c3nc(C)cs3)[C@@H]2C)c1. The van der Waals surface area contributed by atoms with Gasteiger partial charge in [-0.3, -0.25) is 28.8 Å². The molecule has 0 aliphatic carbocycles. The van der Waals surface area contributed by atoms with Gasteiger partial charge in [0.25, 0.3) is 0 Å². The van der Waals surface area contributed by atoms with Gasteiger partial charge in [0.15, 0.2) is 15.9 Å². The van der Waals surface area contributed by atoms with Crippen molar-refractivity contribution in [2.45, 2.75) is 254 Å². The quantitative estimate of drug-likeness (QED) is 0.0460. The second-order valence-corrected chi connectivity index (χ2v) is 42.0. The molecule has 16 rings (SSSR count). The van der Waals surface area contributed by atoms with Gasteiger partial charge in [0.1, 0.15) is 46.6 Å². The van der Waals surface area contributed by atoms with Crippen LogP contribution < -0.4 is 0 Å². The Kier molecular flexibility index (Phi) is 31.2. The van der Waals surface area contributed by atoms with Crippen molar-refractivity contribution < 1.29 is 68.3 Å². The normalized spacial score (nSPS) is 18.4. The predicted octanol–water partition coefficient (Wildman–Crippen LogP) is 27.6. The Bertz CT molecular complexity index is 6620. The molecule has 0 N–H and O–H groups in total. The summed E-state index contributed by atoms with van der Waals surface area (Å²) in [5.74, 6) is -0.487. The highest BCUT2D eigenvalue weighted by Crippen LogP contribution is 2.45. The number of aryl methyl sites for hydroxylation is 9. The Labute approximate surface area is 799 Å². The highest BCUT2D eigenvalue weighted by atomic mass is 32.2. The molecule has 0 radical (unpaired) electrons. The Morgan fingerprint density at radius 1 is 0.378 bits per heavy atom. The van der Waals surface area contributed by atoms with Gasteiger partial charge in [-0.2, -0.15) is 0 Å². The van der Waals surface area contributed by atoms with Crippen molar-refractivity contribution >= 4 is 56.3 Å². The Hall–Kier alpha value is -12.1. The predicted molar refractivity (Wildman–Crippen MR) is 528 cm³/mol. The van der Waals surface area contributed by atoms with Crippen molar-refractivity contribution in [2.24, 2.45) is 0 Å². The first kappa shape index (κ1) is 100. The zero-order chi connectivity index (χ0) is 97.9. The number of thiazole rings is 1. The number of carbonyl (C=O) groups excluding carboxylic acids is 4. The molecule has 0 saturated carbocycles. The maximum absolute atomic E-state index is 14.6. The number of aromatic nitrogens is 2. The first-order valence-corrected chi connectivity index (χ1v) is 50.2. The lowest BCUT2D eigenvalue weighted by Gasteiger charge is -2.23. The summed E-state index contributed by atoms with van der Waals surface area (Å²) in [5, 5.41) is 2.80. The highest BCUT2D eigenvalue weighted by molar-refractivity contribution is 7.90. The van der Waals surface area contributed by atoms with Crippen molar-refractivity contribution in [1.82, 2.24) is 29.6 Å². The van der Waals surface area contributed by atoms with Gasteiger partial charge in [0, 0.05) is 51.7 Å². The third-order valence-electron chi connectivity index (χ3n) is 26.0. The molecule has 708 valence electrons. The molecule has 24 heteroatoms. The molecule has 4 saturated heterocycles. The van der Waals surface area contributed by atoms with E-state index in [1.165, 1.54) is 17.4 Å². The molecule has 4 fully saturated rings. The molecule has 0 spiro atoms. The average molecular weight is 1890 g/mol. The third-order valence-corrected chi connectivity index (χ3v) is 29.1.